The van der Waals surface area contributed by atoms with Crippen LogP contribution in [0.25, 0.3) is 10.9 Å². The maximum absolute atomic E-state index is 11.7. The van der Waals surface area contributed by atoms with E-state index in [9.17, 15) is 4.79 Å². The first-order valence-electron chi connectivity index (χ1n) is 10.5. The van der Waals surface area contributed by atoms with E-state index in [1.807, 2.05) is 18.7 Å². The number of hydrogen-bond acceptors (Lipinski definition) is 4. The molecule has 1 saturated carbocycles. The standard InChI is InChI=1S/C24H28N2OS/c1-17-14-21(27)11-7-13-23(25-17)28-16-20-15-19-10-5-6-12-22(19)26-24(20)18-8-3-2-4-9-18/h5-6,10,12,14-15,18H,2-4,7-9,11,13,16H2,1H3/b17-14-,25-23?. The van der Waals surface area contributed by atoms with Gasteiger partial charge in [-0.05, 0) is 50.3 Å². The molecule has 3 nitrogen and oxygen atoms in total. The minimum Gasteiger partial charge on any atom is -0.295 e. The largest absolute Gasteiger partial charge is 0.295 e. The Morgan fingerprint density at radius 2 is 1.89 bits per heavy atom. The quantitative estimate of drug-likeness (QED) is 0.593. The van der Waals surface area contributed by atoms with Gasteiger partial charge in [-0.15, -0.1) is 11.8 Å². The van der Waals surface area contributed by atoms with Crippen molar-refractivity contribution in [2.24, 2.45) is 4.99 Å². The van der Waals surface area contributed by atoms with Gasteiger partial charge in [0.1, 0.15) is 0 Å². The Hall–Kier alpha value is -1.94. The van der Waals surface area contributed by atoms with Crippen LogP contribution in [0.1, 0.15) is 75.5 Å². The fraction of sp³-hybridized carbons (Fsp3) is 0.458. The molecule has 0 saturated heterocycles. The molecule has 0 amide bonds. The molecule has 0 unspecified atom stereocenters. The number of pyridine rings is 1. The Morgan fingerprint density at radius 1 is 1.07 bits per heavy atom. The average Bonchev–Trinajstić information content (AvgIpc) is 2.70. The zero-order valence-electron chi connectivity index (χ0n) is 16.6. The molecule has 1 aromatic heterocycles. The van der Waals surface area contributed by atoms with Crippen LogP contribution < -0.4 is 0 Å². The van der Waals surface area contributed by atoms with E-state index < -0.39 is 0 Å². The molecule has 1 aromatic carbocycles. The van der Waals surface area contributed by atoms with Crippen LogP contribution in [0.2, 0.25) is 0 Å². The first-order valence-corrected chi connectivity index (χ1v) is 11.5. The number of ketones is 1. The second-order valence-electron chi connectivity index (χ2n) is 7.96. The Balaban J connectivity index is 1.61. The summed E-state index contributed by atoms with van der Waals surface area (Å²) in [5, 5.41) is 2.36. The smallest absolute Gasteiger partial charge is 0.157 e. The van der Waals surface area contributed by atoms with Gasteiger partial charge < -0.3 is 0 Å². The molecule has 4 heteroatoms. The summed E-state index contributed by atoms with van der Waals surface area (Å²) >= 11 is 1.82. The lowest BCUT2D eigenvalue weighted by atomic mass is 9.85. The van der Waals surface area contributed by atoms with E-state index in [2.05, 4.69) is 30.3 Å². The summed E-state index contributed by atoms with van der Waals surface area (Å²) in [6, 6.07) is 10.8. The van der Waals surface area contributed by atoms with Gasteiger partial charge in [-0.2, -0.15) is 0 Å². The summed E-state index contributed by atoms with van der Waals surface area (Å²) < 4.78 is 0. The highest BCUT2D eigenvalue weighted by Gasteiger charge is 2.21. The molecular formula is C24H28N2OS. The molecule has 0 spiro atoms. The molecule has 2 aromatic rings. The van der Waals surface area contributed by atoms with E-state index in [-0.39, 0.29) is 5.78 Å². The zero-order chi connectivity index (χ0) is 19.3. The van der Waals surface area contributed by atoms with Gasteiger partial charge in [0.2, 0.25) is 0 Å². The Morgan fingerprint density at radius 3 is 2.75 bits per heavy atom. The van der Waals surface area contributed by atoms with Gasteiger partial charge in [0.05, 0.1) is 10.6 Å². The first-order chi connectivity index (χ1) is 13.7. The van der Waals surface area contributed by atoms with Gasteiger partial charge in [0, 0.05) is 40.9 Å². The molecule has 0 radical (unpaired) electrons. The number of carbonyl (C=O) groups is 1. The van der Waals surface area contributed by atoms with Gasteiger partial charge >= 0.3 is 0 Å². The lowest BCUT2D eigenvalue weighted by molar-refractivity contribution is -0.114. The molecular weight excluding hydrogens is 364 g/mol. The predicted molar refractivity (Wildman–Crippen MR) is 119 cm³/mol. The second-order valence-corrected chi connectivity index (χ2v) is 9.01. The van der Waals surface area contributed by atoms with Gasteiger partial charge in [-0.3, -0.25) is 14.8 Å². The summed E-state index contributed by atoms with van der Waals surface area (Å²) in [5.41, 5.74) is 4.60. The number of allylic oxidation sites excluding steroid dienone is 2. The lowest BCUT2D eigenvalue weighted by Gasteiger charge is -2.24. The van der Waals surface area contributed by atoms with E-state index in [0.29, 0.717) is 12.3 Å². The fourth-order valence-corrected chi connectivity index (χ4v) is 5.34. The number of fused-ring (bicyclic) bond motifs is 1. The Kier molecular flexibility index (Phi) is 6.26. The minimum absolute atomic E-state index is 0.198. The topological polar surface area (TPSA) is 42.3 Å². The van der Waals surface area contributed by atoms with Crippen molar-refractivity contribution in [3.8, 4) is 0 Å². The van der Waals surface area contributed by atoms with Crippen LogP contribution in [0.4, 0.5) is 0 Å². The number of carbonyl (C=O) groups excluding carboxylic acids is 1. The number of thioether (sulfide) groups is 1. The Labute approximate surface area is 171 Å². The van der Waals surface area contributed by atoms with Crippen LogP contribution in [-0.2, 0) is 10.5 Å². The molecule has 1 fully saturated rings. The van der Waals surface area contributed by atoms with Crippen LogP contribution >= 0.6 is 11.8 Å². The summed E-state index contributed by atoms with van der Waals surface area (Å²) in [4.78, 5) is 21.5. The van der Waals surface area contributed by atoms with E-state index >= 15 is 0 Å². The van der Waals surface area contributed by atoms with Crippen molar-refractivity contribution >= 4 is 33.5 Å². The maximum Gasteiger partial charge on any atom is 0.157 e. The van der Waals surface area contributed by atoms with Crippen molar-refractivity contribution in [2.75, 3.05) is 0 Å². The normalized spacial score (nSPS) is 21.0. The van der Waals surface area contributed by atoms with Crippen molar-refractivity contribution < 1.29 is 4.79 Å². The van der Waals surface area contributed by atoms with Crippen molar-refractivity contribution in [3.05, 3.63) is 53.4 Å². The molecule has 0 bridgehead atoms. The van der Waals surface area contributed by atoms with Crippen LogP contribution in [0.5, 0.6) is 0 Å². The molecule has 28 heavy (non-hydrogen) atoms. The summed E-state index contributed by atoms with van der Waals surface area (Å²) in [5.74, 6) is 1.69. The van der Waals surface area contributed by atoms with E-state index in [0.717, 1.165) is 34.9 Å². The molecule has 2 aliphatic rings. The highest BCUT2D eigenvalue weighted by Crippen LogP contribution is 2.36. The van der Waals surface area contributed by atoms with Crippen LogP contribution in [0.15, 0.2) is 47.1 Å². The SMILES string of the molecule is C/C1=C/C(=O)CCCC(SCc2cc3ccccc3nc2C2CCCCC2)=N1. The van der Waals surface area contributed by atoms with Gasteiger partial charge in [0.25, 0.3) is 0 Å². The third-order valence-electron chi connectivity index (χ3n) is 5.71. The summed E-state index contributed by atoms with van der Waals surface area (Å²) in [6.45, 7) is 1.93. The van der Waals surface area contributed by atoms with Crippen LogP contribution in [-0.4, -0.2) is 15.8 Å². The molecule has 1 aliphatic carbocycles. The minimum atomic E-state index is 0.198. The fourth-order valence-electron chi connectivity index (χ4n) is 4.29. The van der Waals surface area contributed by atoms with Crippen molar-refractivity contribution in [1.29, 1.82) is 0 Å². The van der Waals surface area contributed by atoms with Gasteiger partial charge in [-0.25, -0.2) is 0 Å². The monoisotopic (exact) mass is 392 g/mol. The molecule has 2 heterocycles. The zero-order valence-corrected chi connectivity index (χ0v) is 17.4. The average molecular weight is 393 g/mol. The highest BCUT2D eigenvalue weighted by atomic mass is 32.2. The number of aliphatic imine (C=N–C) groups is 1. The van der Waals surface area contributed by atoms with E-state index in [4.69, 9.17) is 9.98 Å². The van der Waals surface area contributed by atoms with E-state index in [1.165, 1.54) is 48.7 Å². The van der Waals surface area contributed by atoms with Crippen LogP contribution in [0.3, 0.4) is 0 Å². The number of benzene rings is 1. The number of hydrogen-bond donors (Lipinski definition) is 0. The maximum atomic E-state index is 11.7. The molecule has 0 atom stereocenters. The van der Waals surface area contributed by atoms with Crippen molar-refractivity contribution in [3.63, 3.8) is 0 Å². The van der Waals surface area contributed by atoms with Crippen molar-refractivity contribution in [2.45, 2.75) is 70.0 Å². The summed E-state index contributed by atoms with van der Waals surface area (Å²) in [7, 11) is 0. The molecule has 146 valence electrons. The third kappa shape index (κ3) is 4.72. The second kappa shape index (κ2) is 9.04. The lowest BCUT2D eigenvalue weighted by Crippen LogP contribution is -2.10. The van der Waals surface area contributed by atoms with E-state index in [1.54, 1.807) is 6.08 Å². The number of para-hydroxylation sites is 1. The highest BCUT2D eigenvalue weighted by molar-refractivity contribution is 8.13. The van der Waals surface area contributed by atoms with Gasteiger partial charge in [-0.1, -0.05) is 37.5 Å². The molecule has 0 N–H and O–H groups in total. The first kappa shape index (κ1) is 19.4. The number of nitrogens with zero attached hydrogens (tertiary/aromatic N) is 2. The molecule has 4 rings (SSSR count). The third-order valence-corrected chi connectivity index (χ3v) is 6.79. The summed E-state index contributed by atoms with van der Waals surface area (Å²) in [6.07, 6.45) is 10.6. The predicted octanol–water partition coefficient (Wildman–Crippen LogP) is 6.57. The Bertz CT molecular complexity index is 925. The van der Waals surface area contributed by atoms with Crippen LogP contribution in [0, 0.1) is 0 Å². The van der Waals surface area contributed by atoms with Gasteiger partial charge in [0.15, 0.2) is 5.78 Å². The molecule has 1 aliphatic heterocycles. The van der Waals surface area contributed by atoms with Crippen molar-refractivity contribution in [1.82, 2.24) is 4.98 Å². The number of rotatable bonds is 3. The number of aromatic nitrogens is 1.